The van der Waals surface area contributed by atoms with Crippen LogP contribution in [0.25, 0.3) is 0 Å². The molecule has 0 spiro atoms. The first-order valence-electron chi connectivity index (χ1n) is 7.64. The number of fused-ring (bicyclic) bond motifs is 1. The number of hydrogen-bond donors (Lipinski definition) is 0. The quantitative estimate of drug-likeness (QED) is 0.625. The van der Waals surface area contributed by atoms with Crippen LogP contribution in [-0.2, 0) is 24.1 Å². The molecule has 0 fully saturated rings. The van der Waals surface area contributed by atoms with Gasteiger partial charge in [0.1, 0.15) is 6.61 Å². The number of carbonyl (C=O) groups excluding carboxylic acids is 1. The third-order valence-electron chi connectivity index (χ3n) is 4.01. The summed E-state index contributed by atoms with van der Waals surface area (Å²) >= 11 is 3.44. The van der Waals surface area contributed by atoms with E-state index in [2.05, 4.69) is 15.9 Å². The van der Waals surface area contributed by atoms with E-state index in [4.69, 9.17) is 4.74 Å². The van der Waals surface area contributed by atoms with Crippen LogP contribution in [0.5, 0.6) is 0 Å². The van der Waals surface area contributed by atoms with E-state index < -0.39 is 17.8 Å². The van der Waals surface area contributed by atoms with E-state index in [1.54, 1.807) is 0 Å². The first-order valence-corrected chi connectivity index (χ1v) is 8.56. The molecule has 0 radical (unpaired) electrons. The summed E-state index contributed by atoms with van der Waals surface area (Å²) in [5, 5.41) is 0. The summed E-state index contributed by atoms with van der Waals surface area (Å²) < 4.78 is 44.0. The monoisotopic (exact) mass is 413 g/mol. The SMILES string of the molecule is O=C(OCc1ccccc1)N1Cc2cc(C(F)(F)F)ccc2C(Br)C1. The molecule has 1 aliphatic heterocycles. The highest BCUT2D eigenvalue weighted by Gasteiger charge is 2.34. The number of rotatable bonds is 2. The van der Waals surface area contributed by atoms with Crippen LogP contribution < -0.4 is 0 Å². The fourth-order valence-electron chi connectivity index (χ4n) is 2.74. The van der Waals surface area contributed by atoms with Gasteiger partial charge in [-0.2, -0.15) is 13.2 Å². The molecule has 1 heterocycles. The van der Waals surface area contributed by atoms with Crippen LogP contribution in [0.2, 0.25) is 0 Å². The maximum atomic E-state index is 12.9. The lowest BCUT2D eigenvalue weighted by Crippen LogP contribution is -2.37. The molecule has 2 aromatic rings. The normalized spacial score (nSPS) is 17.1. The Bertz CT molecular complexity index is 765. The summed E-state index contributed by atoms with van der Waals surface area (Å²) in [6, 6.07) is 12.8. The van der Waals surface area contributed by atoms with Crippen molar-refractivity contribution in [2.24, 2.45) is 0 Å². The smallest absolute Gasteiger partial charge is 0.416 e. The van der Waals surface area contributed by atoms with Crippen molar-refractivity contribution >= 4 is 22.0 Å². The van der Waals surface area contributed by atoms with Gasteiger partial charge in [0, 0.05) is 13.1 Å². The number of hydrogen-bond acceptors (Lipinski definition) is 2. The molecule has 7 heteroatoms. The summed E-state index contributed by atoms with van der Waals surface area (Å²) in [5.74, 6) is 0. The predicted octanol–water partition coefficient (Wildman–Crippen LogP) is 5.29. The predicted molar refractivity (Wildman–Crippen MR) is 90.1 cm³/mol. The van der Waals surface area contributed by atoms with Crippen LogP contribution in [0.1, 0.15) is 27.1 Å². The summed E-state index contributed by atoms with van der Waals surface area (Å²) in [7, 11) is 0. The number of amides is 1. The lowest BCUT2D eigenvalue weighted by atomic mass is 9.97. The van der Waals surface area contributed by atoms with Crippen LogP contribution in [-0.4, -0.2) is 17.5 Å². The Morgan fingerprint density at radius 1 is 1.20 bits per heavy atom. The molecule has 1 amide bonds. The van der Waals surface area contributed by atoms with Gasteiger partial charge in [-0.05, 0) is 28.8 Å². The Balaban J connectivity index is 1.72. The molecule has 3 rings (SSSR count). The van der Waals surface area contributed by atoms with Crippen molar-refractivity contribution in [1.29, 1.82) is 0 Å². The first kappa shape index (κ1) is 17.8. The number of halogens is 4. The second-order valence-corrected chi connectivity index (χ2v) is 6.90. The first-order chi connectivity index (χ1) is 11.8. The van der Waals surface area contributed by atoms with Gasteiger partial charge in [0.25, 0.3) is 0 Å². The summed E-state index contributed by atoms with van der Waals surface area (Å²) in [5.41, 5.74) is 1.37. The fourth-order valence-corrected chi connectivity index (χ4v) is 3.53. The molecule has 0 aliphatic carbocycles. The highest BCUT2D eigenvalue weighted by molar-refractivity contribution is 9.09. The molecule has 0 bridgehead atoms. The van der Waals surface area contributed by atoms with E-state index in [0.717, 1.165) is 23.3 Å². The highest BCUT2D eigenvalue weighted by Crippen LogP contribution is 2.37. The van der Waals surface area contributed by atoms with E-state index in [1.165, 1.54) is 11.0 Å². The van der Waals surface area contributed by atoms with Crippen LogP contribution in [0, 0.1) is 0 Å². The molecule has 1 atom stereocenters. The zero-order valence-corrected chi connectivity index (χ0v) is 14.7. The minimum Gasteiger partial charge on any atom is -0.445 e. The van der Waals surface area contributed by atoms with Gasteiger partial charge < -0.3 is 9.64 Å². The van der Waals surface area contributed by atoms with E-state index in [9.17, 15) is 18.0 Å². The van der Waals surface area contributed by atoms with Gasteiger partial charge in [-0.3, -0.25) is 0 Å². The molecule has 25 heavy (non-hydrogen) atoms. The van der Waals surface area contributed by atoms with Crippen molar-refractivity contribution in [2.75, 3.05) is 6.54 Å². The molecule has 0 saturated heterocycles. The third kappa shape index (κ3) is 4.15. The molecule has 0 saturated carbocycles. The molecular formula is C18H15BrF3NO2. The molecule has 2 aromatic carbocycles. The maximum absolute atomic E-state index is 12.9. The van der Waals surface area contributed by atoms with Crippen molar-refractivity contribution < 1.29 is 22.7 Å². The molecule has 1 aliphatic rings. The van der Waals surface area contributed by atoms with E-state index in [1.807, 2.05) is 30.3 Å². The summed E-state index contributed by atoms with van der Waals surface area (Å²) in [4.78, 5) is 13.4. The standard InChI is InChI=1S/C18H15BrF3NO2/c19-16-10-23(17(24)25-11-12-4-2-1-3-5-12)9-13-8-14(18(20,21)22)6-7-15(13)16/h1-8,16H,9-11H2. The molecule has 1 unspecified atom stereocenters. The molecule has 132 valence electrons. The fraction of sp³-hybridized carbons (Fsp3) is 0.278. The number of ether oxygens (including phenoxy) is 1. The average Bonchev–Trinajstić information content (AvgIpc) is 2.59. The largest absolute Gasteiger partial charge is 0.445 e. The maximum Gasteiger partial charge on any atom is 0.416 e. The van der Waals surface area contributed by atoms with Crippen molar-refractivity contribution in [3.05, 3.63) is 70.8 Å². The zero-order chi connectivity index (χ0) is 18.0. The number of nitrogens with zero attached hydrogens (tertiary/aromatic N) is 1. The van der Waals surface area contributed by atoms with Crippen LogP contribution >= 0.6 is 15.9 Å². The van der Waals surface area contributed by atoms with Gasteiger partial charge in [-0.15, -0.1) is 0 Å². The lowest BCUT2D eigenvalue weighted by Gasteiger charge is -2.32. The van der Waals surface area contributed by atoms with E-state index >= 15 is 0 Å². The highest BCUT2D eigenvalue weighted by atomic mass is 79.9. The van der Waals surface area contributed by atoms with Crippen LogP contribution in [0.3, 0.4) is 0 Å². The Labute approximate surface area is 151 Å². The van der Waals surface area contributed by atoms with Gasteiger partial charge in [0.2, 0.25) is 0 Å². The number of alkyl halides is 4. The topological polar surface area (TPSA) is 29.5 Å². The summed E-state index contributed by atoms with van der Waals surface area (Å²) in [6.45, 7) is 0.555. The van der Waals surface area contributed by atoms with Gasteiger partial charge in [0.15, 0.2) is 0 Å². The van der Waals surface area contributed by atoms with Crippen LogP contribution in [0.15, 0.2) is 48.5 Å². The molecule has 0 N–H and O–H groups in total. The van der Waals surface area contributed by atoms with Gasteiger partial charge in [-0.1, -0.05) is 52.3 Å². The Hall–Kier alpha value is -2.02. The van der Waals surface area contributed by atoms with Crippen molar-refractivity contribution in [2.45, 2.75) is 24.2 Å². The average molecular weight is 414 g/mol. The Morgan fingerprint density at radius 2 is 1.92 bits per heavy atom. The Kier molecular flexibility index (Phi) is 5.03. The molecule has 3 nitrogen and oxygen atoms in total. The van der Waals surface area contributed by atoms with Gasteiger partial charge in [0.05, 0.1) is 10.4 Å². The minimum atomic E-state index is -4.41. The van der Waals surface area contributed by atoms with Gasteiger partial charge in [-0.25, -0.2) is 4.79 Å². The van der Waals surface area contributed by atoms with E-state index in [-0.39, 0.29) is 18.0 Å². The second kappa shape index (κ2) is 7.07. The summed E-state index contributed by atoms with van der Waals surface area (Å²) in [6.07, 6.45) is -4.95. The minimum absolute atomic E-state index is 0.0922. The van der Waals surface area contributed by atoms with Crippen molar-refractivity contribution in [3.8, 4) is 0 Å². The van der Waals surface area contributed by atoms with E-state index in [0.29, 0.717) is 12.1 Å². The molecular weight excluding hydrogens is 399 g/mol. The second-order valence-electron chi connectivity index (χ2n) is 5.80. The Morgan fingerprint density at radius 3 is 2.60 bits per heavy atom. The third-order valence-corrected chi connectivity index (χ3v) is 4.80. The lowest BCUT2D eigenvalue weighted by molar-refractivity contribution is -0.137. The molecule has 0 aromatic heterocycles. The number of benzene rings is 2. The van der Waals surface area contributed by atoms with Crippen molar-refractivity contribution in [1.82, 2.24) is 4.90 Å². The van der Waals surface area contributed by atoms with Crippen LogP contribution in [0.4, 0.5) is 18.0 Å². The number of carbonyl (C=O) groups is 1. The van der Waals surface area contributed by atoms with Gasteiger partial charge >= 0.3 is 12.3 Å². The van der Waals surface area contributed by atoms with Crippen molar-refractivity contribution in [3.63, 3.8) is 0 Å². The zero-order valence-electron chi connectivity index (χ0n) is 13.1.